The lowest BCUT2D eigenvalue weighted by Gasteiger charge is -2.21. The Morgan fingerprint density at radius 2 is 1.91 bits per heavy atom. The van der Waals surface area contributed by atoms with Crippen LogP contribution < -0.4 is 5.32 Å². The van der Waals surface area contributed by atoms with Gasteiger partial charge in [-0.25, -0.2) is 4.98 Å². The molecule has 5 heteroatoms. The lowest BCUT2D eigenvalue weighted by atomic mass is 9.86. The third-order valence-corrected chi connectivity index (χ3v) is 5.08. The van der Waals surface area contributed by atoms with Crippen molar-refractivity contribution < 1.29 is 4.79 Å². The SMILES string of the molecule is O=C(CCC1CCCCC1)Nc1c(Cl)ccc2nc(Cl)ccc12. The van der Waals surface area contributed by atoms with Gasteiger partial charge in [0.15, 0.2) is 0 Å². The molecule has 1 aliphatic carbocycles. The van der Waals surface area contributed by atoms with E-state index in [1.165, 1.54) is 32.1 Å². The van der Waals surface area contributed by atoms with Gasteiger partial charge in [-0.2, -0.15) is 0 Å². The first kappa shape index (κ1) is 16.5. The topological polar surface area (TPSA) is 42.0 Å². The summed E-state index contributed by atoms with van der Waals surface area (Å²) in [6.07, 6.45) is 7.94. The zero-order chi connectivity index (χ0) is 16.2. The molecule has 1 amide bonds. The monoisotopic (exact) mass is 350 g/mol. The van der Waals surface area contributed by atoms with E-state index in [4.69, 9.17) is 23.2 Å². The molecule has 1 N–H and O–H groups in total. The van der Waals surface area contributed by atoms with Crippen LogP contribution in [0.4, 0.5) is 5.69 Å². The molecule has 3 nitrogen and oxygen atoms in total. The van der Waals surface area contributed by atoms with Gasteiger partial charge < -0.3 is 5.32 Å². The molecule has 1 fully saturated rings. The highest BCUT2D eigenvalue weighted by Gasteiger charge is 2.16. The third kappa shape index (κ3) is 4.15. The van der Waals surface area contributed by atoms with Crippen LogP contribution >= 0.6 is 23.2 Å². The van der Waals surface area contributed by atoms with Crippen LogP contribution in [0.15, 0.2) is 24.3 Å². The van der Waals surface area contributed by atoms with Crippen molar-refractivity contribution in [3.8, 4) is 0 Å². The highest BCUT2D eigenvalue weighted by atomic mass is 35.5. The van der Waals surface area contributed by atoms with Gasteiger partial charge in [-0.3, -0.25) is 4.79 Å². The quantitative estimate of drug-likeness (QED) is 0.703. The van der Waals surface area contributed by atoms with Crippen molar-refractivity contribution in [2.45, 2.75) is 44.9 Å². The number of nitrogens with one attached hydrogen (secondary N) is 1. The summed E-state index contributed by atoms with van der Waals surface area (Å²) >= 11 is 12.2. The van der Waals surface area contributed by atoms with E-state index in [2.05, 4.69) is 10.3 Å². The predicted octanol–water partition coefficient (Wildman–Crippen LogP) is 5.84. The number of pyridine rings is 1. The molecule has 0 atom stereocenters. The number of carbonyl (C=O) groups excluding carboxylic acids is 1. The van der Waals surface area contributed by atoms with Crippen molar-refractivity contribution in [1.29, 1.82) is 0 Å². The molecule has 3 rings (SSSR count). The molecule has 0 saturated heterocycles. The first-order valence-electron chi connectivity index (χ1n) is 8.18. The number of amides is 1. The van der Waals surface area contributed by atoms with Crippen molar-refractivity contribution in [3.05, 3.63) is 34.4 Å². The third-order valence-electron chi connectivity index (χ3n) is 4.56. The van der Waals surface area contributed by atoms with Crippen LogP contribution in [0.5, 0.6) is 0 Å². The molecule has 0 aliphatic heterocycles. The second kappa shape index (κ2) is 7.50. The molecular formula is C18H20Cl2N2O. The number of anilines is 1. The van der Waals surface area contributed by atoms with Gasteiger partial charge in [-0.15, -0.1) is 0 Å². The highest BCUT2D eigenvalue weighted by molar-refractivity contribution is 6.35. The number of hydrogen-bond acceptors (Lipinski definition) is 2. The van der Waals surface area contributed by atoms with Gasteiger partial charge >= 0.3 is 0 Å². The lowest BCUT2D eigenvalue weighted by molar-refractivity contribution is -0.116. The van der Waals surface area contributed by atoms with Gasteiger partial charge in [0.1, 0.15) is 5.15 Å². The number of carbonyl (C=O) groups is 1. The Kier molecular flexibility index (Phi) is 5.39. The molecule has 1 aromatic heterocycles. The van der Waals surface area contributed by atoms with Gasteiger partial charge in [0.25, 0.3) is 0 Å². The Morgan fingerprint density at radius 1 is 1.13 bits per heavy atom. The van der Waals surface area contributed by atoms with Crippen molar-refractivity contribution in [2.75, 3.05) is 5.32 Å². The maximum Gasteiger partial charge on any atom is 0.224 e. The fourth-order valence-electron chi connectivity index (χ4n) is 3.29. The number of benzene rings is 1. The van der Waals surface area contributed by atoms with Crippen LogP contribution in [0.2, 0.25) is 10.2 Å². The van der Waals surface area contributed by atoms with E-state index in [-0.39, 0.29) is 5.91 Å². The van der Waals surface area contributed by atoms with Gasteiger partial charge in [0.05, 0.1) is 16.2 Å². The molecular weight excluding hydrogens is 331 g/mol. The molecule has 1 saturated carbocycles. The summed E-state index contributed by atoms with van der Waals surface area (Å²) in [5.74, 6) is 0.706. The minimum Gasteiger partial charge on any atom is -0.324 e. The number of halogens is 2. The number of nitrogens with zero attached hydrogens (tertiary/aromatic N) is 1. The first-order chi connectivity index (χ1) is 11.1. The molecule has 1 heterocycles. The summed E-state index contributed by atoms with van der Waals surface area (Å²) in [6, 6.07) is 7.09. The van der Waals surface area contributed by atoms with Crippen LogP contribution in [0.1, 0.15) is 44.9 Å². The van der Waals surface area contributed by atoms with E-state index >= 15 is 0 Å². The Morgan fingerprint density at radius 3 is 2.70 bits per heavy atom. The number of hydrogen-bond donors (Lipinski definition) is 1. The summed E-state index contributed by atoms with van der Waals surface area (Å²) in [7, 11) is 0. The molecule has 0 bridgehead atoms. The molecule has 1 aromatic carbocycles. The average molecular weight is 351 g/mol. The van der Waals surface area contributed by atoms with Gasteiger partial charge in [-0.1, -0.05) is 55.3 Å². The zero-order valence-electron chi connectivity index (χ0n) is 12.9. The van der Waals surface area contributed by atoms with Gasteiger partial charge in [0, 0.05) is 11.8 Å². The van der Waals surface area contributed by atoms with Crippen LogP contribution in [0.25, 0.3) is 10.9 Å². The fraction of sp³-hybridized carbons (Fsp3) is 0.444. The lowest BCUT2D eigenvalue weighted by Crippen LogP contribution is -2.15. The van der Waals surface area contributed by atoms with Crippen LogP contribution in [0.3, 0.4) is 0 Å². The van der Waals surface area contributed by atoms with E-state index in [1.807, 2.05) is 6.07 Å². The molecule has 0 radical (unpaired) electrons. The van der Waals surface area contributed by atoms with Crippen molar-refractivity contribution in [1.82, 2.24) is 4.98 Å². The number of fused-ring (bicyclic) bond motifs is 1. The van der Waals surface area contributed by atoms with E-state index < -0.39 is 0 Å². The zero-order valence-corrected chi connectivity index (χ0v) is 14.5. The van der Waals surface area contributed by atoms with E-state index in [0.717, 1.165) is 17.3 Å². The molecule has 23 heavy (non-hydrogen) atoms. The van der Waals surface area contributed by atoms with Crippen LogP contribution in [0, 0.1) is 5.92 Å². The molecule has 0 unspecified atom stereocenters. The summed E-state index contributed by atoms with van der Waals surface area (Å²) in [6.45, 7) is 0. The van der Waals surface area contributed by atoms with Gasteiger partial charge in [-0.05, 0) is 36.6 Å². The second-order valence-corrected chi connectivity index (χ2v) is 7.01. The minimum atomic E-state index is 0.0138. The van der Waals surface area contributed by atoms with Crippen molar-refractivity contribution in [3.63, 3.8) is 0 Å². The van der Waals surface area contributed by atoms with E-state index in [1.54, 1.807) is 18.2 Å². The second-order valence-electron chi connectivity index (χ2n) is 6.21. The Balaban J connectivity index is 1.70. The van der Waals surface area contributed by atoms with Crippen molar-refractivity contribution in [2.24, 2.45) is 5.92 Å². The number of aromatic nitrogens is 1. The standard InChI is InChI=1S/C18H20Cl2N2O/c19-14-8-9-15-13(7-10-16(20)21-15)18(14)22-17(23)11-6-12-4-2-1-3-5-12/h7-10,12H,1-6,11H2,(H,22,23). The summed E-state index contributed by atoms with van der Waals surface area (Å²) < 4.78 is 0. The number of rotatable bonds is 4. The molecule has 1 aliphatic rings. The summed E-state index contributed by atoms with van der Waals surface area (Å²) in [5, 5.41) is 4.72. The smallest absolute Gasteiger partial charge is 0.224 e. The fourth-order valence-corrected chi connectivity index (χ4v) is 3.66. The molecule has 2 aromatic rings. The summed E-state index contributed by atoms with van der Waals surface area (Å²) in [4.78, 5) is 16.6. The maximum atomic E-state index is 12.3. The van der Waals surface area contributed by atoms with Crippen LogP contribution in [-0.4, -0.2) is 10.9 Å². The molecule has 0 spiro atoms. The largest absolute Gasteiger partial charge is 0.324 e. The average Bonchev–Trinajstić information content (AvgIpc) is 2.56. The Hall–Kier alpha value is -1.32. The normalized spacial score (nSPS) is 15.7. The van der Waals surface area contributed by atoms with E-state index in [0.29, 0.717) is 28.2 Å². The maximum absolute atomic E-state index is 12.3. The first-order valence-corrected chi connectivity index (χ1v) is 8.93. The molecule has 122 valence electrons. The minimum absolute atomic E-state index is 0.0138. The Bertz CT molecular complexity index is 711. The highest BCUT2D eigenvalue weighted by Crippen LogP contribution is 2.32. The summed E-state index contributed by atoms with van der Waals surface area (Å²) in [5.41, 5.74) is 1.35. The Labute approximate surface area is 146 Å². The predicted molar refractivity (Wildman–Crippen MR) is 96.2 cm³/mol. The van der Waals surface area contributed by atoms with Gasteiger partial charge in [0.2, 0.25) is 5.91 Å². The van der Waals surface area contributed by atoms with Crippen LogP contribution in [-0.2, 0) is 4.79 Å². The van der Waals surface area contributed by atoms with Crippen molar-refractivity contribution >= 4 is 45.7 Å². The van der Waals surface area contributed by atoms with E-state index in [9.17, 15) is 4.79 Å².